The molecule has 9 heteroatoms. The van der Waals surface area contributed by atoms with E-state index < -0.39 is 11.7 Å². The predicted octanol–water partition coefficient (Wildman–Crippen LogP) is 15.8. The van der Waals surface area contributed by atoms with Gasteiger partial charge in [0.25, 0.3) is 0 Å². The van der Waals surface area contributed by atoms with Crippen LogP contribution in [0.2, 0.25) is 0 Å². The zero-order valence-electron chi connectivity index (χ0n) is 37.0. The van der Waals surface area contributed by atoms with Crippen molar-refractivity contribution in [3.05, 3.63) is 229 Å². The lowest BCUT2D eigenvalue weighted by Crippen LogP contribution is -2.10. The van der Waals surface area contributed by atoms with Gasteiger partial charge >= 0.3 is 6.18 Å². The number of rotatable bonds is 7. The molecule has 0 aliphatic heterocycles. The smallest absolute Gasteiger partial charge is 0.308 e. The maximum atomic E-state index is 15.2. The van der Waals surface area contributed by atoms with Crippen LogP contribution in [0.25, 0.3) is 111 Å². The van der Waals surface area contributed by atoms with E-state index in [0.717, 1.165) is 94.4 Å². The van der Waals surface area contributed by atoms with Gasteiger partial charge < -0.3 is 9.13 Å². The topological polar surface area (TPSA) is 83.2 Å². The number of alkyl halides is 3. The average Bonchev–Trinajstić information content (AvgIpc) is 3.92. The summed E-state index contributed by atoms with van der Waals surface area (Å²) in [6, 6.07) is 67.2. The molecule has 0 atom stereocenters. The third kappa shape index (κ3) is 6.79. The van der Waals surface area contributed by atoms with Crippen molar-refractivity contribution in [2.75, 3.05) is 0 Å². The molecule has 4 aromatic heterocycles. The Morgan fingerprint density at radius 1 is 0.400 bits per heavy atom. The Labute approximate surface area is 399 Å². The SMILES string of the molecule is N#Cc1cccc(C(F)(F)F)c1-c1cc(-n2c3ccccc3c3cc(-c4cccnc4-c4ccccc4)ccc32)c(C#N)c(-n2c3ccccc3c3cc(-c4cccnc4-c4ccccc4)ccc32)c1. The summed E-state index contributed by atoms with van der Waals surface area (Å²) >= 11 is 0. The summed E-state index contributed by atoms with van der Waals surface area (Å²) in [5, 5.41) is 25.5. The van der Waals surface area contributed by atoms with E-state index in [9.17, 15) is 10.5 Å². The van der Waals surface area contributed by atoms with Gasteiger partial charge in [-0.1, -0.05) is 127 Å². The van der Waals surface area contributed by atoms with E-state index in [4.69, 9.17) is 9.97 Å². The second-order valence-corrected chi connectivity index (χ2v) is 17.0. The van der Waals surface area contributed by atoms with Crippen LogP contribution in [0.4, 0.5) is 13.2 Å². The number of hydrogen-bond donors (Lipinski definition) is 0. The molecule has 330 valence electrons. The molecule has 70 heavy (non-hydrogen) atoms. The van der Waals surface area contributed by atoms with Crippen molar-refractivity contribution < 1.29 is 13.2 Å². The first-order valence-electron chi connectivity index (χ1n) is 22.6. The molecule has 0 bridgehead atoms. The Bertz CT molecular complexity index is 3920. The highest BCUT2D eigenvalue weighted by Gasteiger charge is 2.36. The van der Waals surface area contributed by atoms with Crippen molar-refractivity contribution in [3.8, 4) is 79.4 Å². The molecule has 0 amide bonds. The second kappa shape index (κ2) is 16.6. The summed E-state index contributed by atoms with van der Waals surface area (Å²) in [5.74, 6) is 0. The lowest BCUT2D eigenvalue weighted by atomic mass is 9.92. The van der Waals surface area contributed by atoms with E-state index in [2.05, 4.69) is 18.2 Å². The zero-order chi connectivity index (χ0) is 47.5. The number of halogens is 3. The fourth-order valence-electron chi connectivity index (χ4n) is 10.1. The zero-order valence-corrected chi connectivity index (χ0v) is 37.0. The predicted molar refractivity (Wildman–Crippen MR) is 272 cm³/mol. The Kier molecular flexibility index (Phi) is 9.94. The molecular formula is C61H35F3N6. The molecule has 0 unspecified atom stereocenters. The molecule has 8 aromatic carbocycles. The monoisotopic (exact) mass is 908 g/mol. The lowest BCUT2D eigenvalue weighted by Gasteiger charge is -2.20. The first-order chi connectivity index (χ1) is 34.3. The Hall–Kier alpha value is -9.57. The van der Waals surface area contributed by atoms with E-state index in [1.54, 1.807) is 24.5 Å². The first-order valence-corrected chi connectivity index (χ1v) is 22.6. The van der Waals surface area contributed by atoms with Crippen LogP contribution in [0.15, 0.2) is 213 Å². The van der Waals surface area contributed by atoms with Crippen LogP contribution < -0.4 is 0 Å². The van der Waals surface area contributed by atoms with Gasteiger partial charge in [0.2, 0.25) is 0 Å². The maximum absolute atomic E-state index is 15.2. The first kappa shape index (κ1) is 41.8. The average molecular weight is 909 g/mol. The number of hydrogen-bond acceptors (Lipinski definition) is 4. The highest BCUT2D eigenvalue weighted by atomic mass is 19.4. The molecule has 0 aliphatic rings. The number of para-hydroxylation sites is 2. The van der Waals surface area contributed by atoms with E-state index in [-0.39, 0.29) is 22.3 Å². The van der Waals surface area contributed by atoms with Crippen molar-refractivity contribution in [1.29, 1.82) is 10.5 Å². The van der Waals surface area contributed by atoms with Gasteiger partial charge in [0, 0.05) is 61.8 Å². The fraction of sp³-hybridized carbons (Fsp3) is 0.0164. The van der Waals surface area contributed by atoms with Crippen LogP contribution in [0.1, 0.15) is 16.7 Å². The van der Waals surface area contributed by atoms with Gasteiger partial charge in [-0.2, -0.15) is 23.7 Å². The number of pyridine rings is 2. The number of fused-ring (bicyclic) bond motifs is 6. The molecule has 0 radical (unpaired) electrons. The summed E-state index contributed by atoms with van der Waals surface area (Å²) in [4.78, 5) is 9.57. The largest absolute Gasteiger partial charge is 0.417 e. The van der Waals surface area contributed by atoms with E-state index in [0.29, 0.717) is 11.4 Å². The van der Waals surface area contributed by atoms with Gasteiger partial charge in [-0.05, 0) is 89.5 Å². The Morgan fingerprint density at radius 2 is 0.871 bits per heavy atom. The third-order valence-corrected chi connectivity index (χ3v) is 13.1. The molecule has 4 heterocycles. The summed E-state index contributed by atoms with van der Waals surface area (Å²) in [6.45, 7) is 0. The highest BCUT2D eigenvalue weighted by Crippen LogP contribution is 2.45. The van der Waals surface area contributed by atoms with E-state index in [1.165, 1.54) is 12.1 Å². The molecular weight excluding hydrogens is 874 g/mol. The minimum Gasteiger partial charge on any atom is -0.308 e. The summed E-state index contributed by atoms with van der Waals surface area (Å²) < 4.78 is 49.6. The third-order valence-electron chi connectivity index (χ3n) is 13.1. The maximum Gasteiger partial charge on any atom is 0.417 e. The summed E-state index contributed by atoms with van der Waals surface area (Å²) in [6.07, 6.45) is -1.26. The van der Waals surface area contributed by atoms with Gasteiger partial charge in [0.05, 0.1) is 62.0 Å². The fourth-order valence-corrected chi connectivity index (χ4v) is 10.1. The van der Waals surface area contributed by atoms with Crippen molar-refractivity contribution >= 4 is 43.6 Å². The summed E-state index contributed by atoms with van der Waals surface area (Å²) in [5.41, 5.74) is 9.90. The lowest BCUT2D eigenvalue weighted by molar-refractivity contribution is -0.137. The van der Waals surface area contributed by atoms with Crippen LogP contribution >= 0.6 is 0 Å². The quantitative estimate of drug-likeness (QED) is 0.159. The Morgan fingerprint density at radius 3 is 1.34 bits per heavy atom. The van der Waals surface area contributed by atoms with Gasteiger partial charge in [-0.15, -0.1) is 0 Å². The molecule has 12 aromatic rings. The van der Waals surface area contributed by atoms with E-state index >= 15 is 13.2 Å². The molecule has 0 fully saturated rings. The standard InChI is InChI=1S/C61H35F3N6/c62-61(63,64)51-23-11-18-42(36-65)58(51)43-34-56(69-52-24-9-7-19-46(52)48-32-40(26-28-54(48)69)44-21-12-30-67-59(44)38-14-3-1-4-15-38)50(37-66)57(35-43)70-53-25-10-8-20-47(53)49-33-41(27-29-55(49)70)45-22-13-31-68-60(45)39-16-5-2-6-17-39/h1-35H. The Balaban J connectivity index is 1.16. The number of benzene rings is 8. The van der Waals surface area contributed by atoms with Crippen molar-refractivity contribution in [3.63, 3.8) is 0 Å². The van der Waals surface area contributed by atoms with Crippen LogP contribution in [0, 0.1) is 22.7 Å². The molecule has 12 rings (SSSR count). The van der Waals surface area contributed by atoms with Gasteiger partial charge in [0.15, 0.2) is 0 Å². The van der Waals surface area contributed by atoms with Crippen molar-refractivity contribution in [2.24, 2.45) is 0 Å². The number of nitriles is 2. The number of aromatic nitrogens is 4. The normalized spacial score (nSPS) is 11.6. The van der Waals surface area contributed by atoms with Crippen LogP contribution in [0.3, 0.4) is 0 Å². The van der Waals surface area contributed by atoms with Crippen molar-refractivity contribution in [2.45, 2.75) is 6.18 Å². The van der Waals surface area contributed by atoms with E-state index in [1.807, 2.05) is 173 Å². The van der Waals surface area contributed by atoms with Gasteiger partial charge in [0.1, 0.15) is 11.6 Å². The number of nitrogens with zero attached hydrogens (tertiary/aromatic N) is 6. The van der Waals surface area contributed by atoms with Gasteiger partial charge in [-0.25, -0.2) is 0 Å². The van der Waals surface area contributed by atoms with Crippen LogP contribution in [-0.2, 0) is 6.18 Å². The molecule has 0 spiro atoms. The molecule has 0 N–H and O–H groups in total. The second-order valence-electron chi connectivity index (χ2n) is 17.0. The minimum absolute atomic E-state index is 0.129. The van der Waals surface area contributed by atoms with Crippen LogP contribution in [0.5, 0.6) is 0 Å². The molecule has 6 nitrogen and oxygen atoms in total. The van der Waals surface area contributed by atoms with Gasteiger partial charge in [-0.3, -0.25) is 9.97 Å². The minimum atomic E-state index is -4.81. The van der Waals surface area contributed by atoms with Crippen molar-refractivity contribution in [1.82, 2.24) is 19.1 Å². The molecule has 0 aliphatic carbocycles. The highest BCUT2D eigenvalue weighted by molar-refractivity contribution is 6.13. The molecule has 0 saturated heterocycles. The van der Waals surface area contributed by atoms with Crippen LogP contribution in [-0.4, -0.2) is 19.1 Å². The molecule has 0 saturated carbocycles. The summed E-state index contributed by atoms with van der Waals surface area (Å²) in [7, 11) is 0.